The lowest BCUT2D eigenvalue weighted by Crippen LogP contribution is -2.19. The zero-order valence-electron chi connectivity index (χ0n) is 7.25. The van der Waals surface area contributed by atoms with Crippen molar-refractivity contribution in [2.24, 2.45) is 0 Å². The van der Waals surface area contributed by atoms with Crippen LogP contribution in [-0.4, -0.2) is 29.2 Å². The molecule has 0 fully saturated rings. The summed E-state index contributed by atoms with van der Waals surface area (Å²) in [7, 11) is -3.62. The molecule has 0 aliphatic rings. The van der Waals surface area contributed by atoms with Gasteiger partial charge in [-0.05, 0) is 12.1 Å². The first-order chi connectivity index (χ1) is 6.49. The van der Waals surface area contributed by atoms with E-state index in [9.17, 15) is 13.2 Å². The third-order valence-corrected chi connectivity index (χ3v) is 3.13. The predicted molar refractivity (Wildman–Crippen MR) is 50.8 cm³/mol. The molecule has 76 valence electrons. The Kier molecular flexibility index (Phi) is 2.76. The van der Waals surface area contributed by atoms with Gasteiger partial charge >= 0.3 is 5.97 Å². The molecule has 0 unspecified atom stereocenters. The zero-order chi connectivity index (χ0) is 10.8. The van der Waals surface area contributed by atoms with Crippen LogP contribution in [0.2, 0.25) is 0 Å². The zero-order valence-corrected chi connectivity index (χ0v) is 8.07. The van der Waals surface area contributed by atoms with Crippen molar-refractivity contribution in [2.75, 3.05) is 5.75 Å². The van der Waals surface area contributed by atoms with Crippen LogP contribution in [-0.2, 0) is 10.0 Å². The average molecular weight is 215 g/mol. The first kappa shape index (κ1) is 10.5. The lowest BCUT2D eigenvalue weighted by atomic mass is 10.4. The third-order valence-electron chi connectivity index (χ3n) is 1.56. The molecule has 0 amide bonds. The topological polar surface area (TPSA) is 76.4 Å². The number of rotatable bonds is 4. The average Bonchev–Trinajstić information content (AvgIpc) is 2.51. The Morgan fingerprint density at radius 3 is 2.79 bits per heavy atom. The van der Waals surface area contributed by atoms with Crippen LogP contribution in [0.15, 0.2) is 31.0 Å². The Bertz CT molecular complexity index is 457. The molecule has 6 heteroatoms. The number of hydrogen-bond acceptors (Lipinski definition) is 3. The molecule has 0 radical (unpaired) electrons. The Morgan fingerprint density at radius 1 is 1.64 bits per heavy atom. The molecule has 0 aromatic carbocycles. The number of aromatic carboxylic acids is 1. The molecule has 1 aromatic heterocycles. The van der Waals surface area contributed by atoms with E-state index in [1.807, 2.05) is 0 Å². The van der Waals surface area contributed by atoms with Gasteiger partial charge in [0.1, 0.15) is 5.69 Å². The normalized spacial score (nSPS) is 11.1. The van der Waals surface area contributed by atoms with Crippen LogP contribution in [0.4, 0.5) is 0 Å². The van der Waals surface area contributed by atoms with Crippen LogP contribution in [0.5, 0.6) is 0 Å². The summed E-state index contributed by atoms with van der Waals surface area (Å²) < 4.78 is 23.6. The van der Waals surface area contributed by atoms with E-state index < -0.39 is 16.0 Å². The van der Waals surface area contributed by atoms with E-state index in [-0.39, 0.29) is 11.4 Å². The molecule has 0 spiro atoms. The van der Waals surface area contributed by atoms with Gasteiger partial charge in [-0.2, -0.15) is 0 Å². The molecule has 1 heterocycles. The highest BCUT2D eigenvalue weighted by Gasteiger charge is 2.18. The van der Waals surface area contributed by atoms with E-state index >= 15 is 0 Å². The molecule has 0 aliphatic carbocycles. The van der Waals surface area contributed by atoms with Crippen molar-refractivity contribution in [1.82, 2.24) is 3.97 Å². The monoisotopic (exact) mass is 215 g/mol. The first-order valence-electron chi connectivity index (χ1n) is 3.74. The maximum atomic E-state index is 11.4. The van der Waals surface area contributed by atoms with Gasteiger partial charge in [0.05, 0.1) is 5.75 Å². The number of hydrogen-bond donors (Lipinski definition) is 1. The minimum Gasteiger partial charge on any atom is -0.477 e. The molecular weight excluding hydrogens is 206 g/mol. The smallest absolute Gasteiger partial charge is 0.353 e. The number of aromatic nitrogens is 1. The van der Waals surface area contributed by atoms with Crippen molar-refractivity contribution in [1.29, 1.82) is 0 Å². The molecule has 0 atom stereocenters. The highest BCUT2D eigenvalue weighted by molar-refractivity contribution is 7.90. The molecule has 0 aliphatic heterocycles. The second kappa shape index (κ2) is 3.67. The molecule has 14 heavy (non-hydrogen) atoms. The number of carbonyl (C=O) groups is 1. The maximum absolute atomic E-state index is 11.4. The molecule has 1 N–H and O–H groups in total. The Morgan fingerprint density at radius 2 is 2.29 bits per heavy atom. The summed E-state index contributed by atoms with van der Waals surface area (Å²) in [5, 5.41) is 8.67. The quantitative estimate of drug-likeness (QED) is 0.744. The van der Waals surface area contributed by atoms with E-state index in [4.69, 9.17) is 5.11 Å². The van der Waals surface area contributed by atoms with Gasteiger partial charge in [0.15, 0.2) is 0 Å². The molecule has 0 saturated heterocycles. The van der Waals surface area contributed by atoms with Gasteiger partial charge in [-0.3, -0.25) is 0 Å². The Balaban J connectivity index is 3.26. The number of nitrogens with zero attached hydrogens (tertiary/aromatic N) is 1. The van der Waals surface area contributed by atoms with Crippen molar-refractivity contribution < 1.29 is 18.3 Å². The summed E-state index contributed by atoms with van der Waals surface area (Å²) in [6.07, 6.45) is 2.41. The second-order valence-corrected chi connectivity index (χ2v) is 4.45. The molecule has 0 saturated carbocycles. The van der Waals surface area contributed by atoms with Crippen molar-refractivity contribution >= 4 is 16.0 Å². The fraction of sp³-hybridized carbons (Fsp3) is 0.125. The number of carboxylic acids is 1. The molecule has 1 aromatic rings. The minimum atomic E-state index is -3.62. The largest absolute Gasteiger partial charge is 0.477 e. The van der Waals surface area contributed by atoms with Gasteiger partial charge < -0.3 is 5.11 Å². The fourth-order valence-corrected chi connectivity index (χ4v) is 2.16. The van der Waals surface area contributed by atoms with E-state index in [0.29, 0.717) is 0 Å². The standard InChI is InChI=1S/C8H9NO4S/c1-2-6-14(12,13)9-5-3-4-7(9)8(10)11/h2-5H,1,6H2,(H,10,11). The SMILES string of the molecule is C=CCS(=O)(=O)n1cccc1C(=O)O. The molecule has 1 rings (SSSR count). The van der Waals surface area contributed by atoms with Crippen LogP contribution in [0, 0.1) is 0 Å². The first-order valence-corrected chi connectivity index (χ1v) is 5.35. The minimum absolute atomic E-state index is 0.271. The van der Waals surface area contributed by atoms with Crippen molar-refractivity contribution in [3.05, 3.63) is 36.7 Å². The second-order valence-electron chi connectivity index (χ2n) is 2.56. The highest BCUT2D eigenvalue weighted by Crippen LogP contribution is 2.07. The van der Waals surface area contributed by atoms with Crippen LogP contribution in [0.1, 0.15) is 10.5 Å². The number of carboxylic acid groups (broad SMARTS) is 1. The van der Waals surface area contributed by atoms with E-state index in [1.54, 1.807) is 0 Å². The lowest BCUT2D eigenvalue weighted by molar-refractivity contribution is 0.0689. The van der Waals surface area contributed by atoms with Crippen LogP contribution in [0.3, 0.4) is 0 Å². The van der Waals surface area contributed by atoms with Gasteiger partial charge in [-0.15, -0.1) is 6.58 Å². The van der Waals surface area contributed by atoms with Gasteiger partial charge in [0.2, 0.25) is 10.0 Å². The van der Waals surface area contributed by atoms with Crippen molar-refractivity contribution in [3.8, 4) is 0 Å². The van der Waals surface area contributed by atoms with Crippen LogP contribution >= 0.6 is 0 Å². The third kappa shape index (κ3) is 1.85. The summed E-state index contributed by atoms with van der Waals surface area (Å²) in [5.41, 5.74) is -0.271. The summed E-state index contributed by atoms with van der Waals surface area (Å²) in [6, 6.07) is 2.59. The summed E-state index contributed by atoms with van der Waals surface area (Å²) in [4.78, 5) is 10.6. The summed E-state index contributed by atoms with van der Waals surface area (Å²) >= 11 is 0. The van der Waals surface area contributed by atoms with Crippen LogP contribution < -0.4 is 0 Å². The highest BCUT2D eigenvalue weighted by atomic mass is 32.2. The predicted octanol–water partition coefficient (Wildman–Crippen LogP) is 0.550. The Labute approximate surface area is 81.3 Å². The maximum Gasteiger partial charge on any atom is 0.353 e. The van der Waals surface area contributed by atoms with Crippen LogP contribution in [0.25, 0.3) is 0 Å². The Hall–Kier alpha value is -1.56. The van der Waals surface area contributed by atoms with Crippen molar-refractivity contribution in [2.45, 2.75) is 0 Å². The lowest BCUT2D eigenvalue weighted by Gasteiger charge is -2.04. The molecule has 0 bridgehead atoms. The van der Waals surface area contributed by atoms with E-state index in [1.165, 1.54) is 24.4 Å². The summed E-state index contributed by atoms with van der Waals surface area (Å²) in [5.74, 6) is -1.57. The van der Waals surface area contributed by atoms with Crippen molar-refractivity contribution in [3.63, 3.8) is 0 Å². The van der Waals surface area contributed by atoms with Gasteiger partial charge in [0.25, 0.3) is 0 Å². The van der Waals surface area contributed by atoms with E-state index in [2.05, 4.69) is 6.58 Å². The van der Waals surface area contributed by atoms with Gasteiger partial charge in [-0.25, -0.2) is 17.2 Å². The van der Waals surface area contributed by atoms with E-state index in [0.717, 1.165) is 3.97 Å². The van der Waals surface area contributed by atoms with Gasteiger partial charge in [0, 0.05) is 6.20 Å². The fourth-order valence-electron chi connectivity index (χ4n) is 1.00. The summed E-state index contributed by atoms with van der Waals surface area (Å²) in [6.45, 7) is 3.29. The molecule has 5 nitrogen and oxygen atoms in total. The van der Waals surface area contributed by atoms with Gasteiger partial charge in [-0.1, -0.05) is 6.08 Å². The molecular formula is C8H9NO4S.